The second kappa shape index (κ2) is 12.5. The van der Waals surface area contributed by atoms with Gasteiger partial charge in [0, 0.05) is 30.5 Å². The fourth-order valence-electron chi connectivity index (χ4n) is 3.98. The minimum absolute atomic E-state index is 0.208. The van der Waals surface area contributed by atoms with Gasteiger partial charge in [-0.2, -0.15) is 0 Å². The van der Waals surface area contributed by atoms with Gasteiger partial charge in [-0.05, 0) is 23.8 Å². The largest absolute Gasteiger partial charge is 0.544 e. The Hall–Kier alpha value is -3.06. The predicted octanol–water partition coefficient (Wildman–Crippen LogP) is -0.891. The second-order valence-electron chi connectivity index (χ2n) is 8.67. The van der Waals surface area contributed by atoms with Crippen LogP contribution in [0.25, 0.3) is 0 Å². The first-order valence-corrected chi connectivity index (χ1v) is 11.8. The van der Waals surface area contributed by atoms with Crippen molar-refractivity contribution in [2.45, 2.75) is 56.2 Å². The van der Waals surface area contributed by atoms with Crippen molar-refractivity contribution >= 4 is 29.4 Å². The van der Waals surface area contributed by atoms with E-state index >= 15 is 0 Å². The first-order chi connectivity index (χ1) is 17.5. The lowest BCUT2D eigenvalue weighted by Crippen LogP contribution is -2.69. The number of amides is 2. The molecular weight excluding hydrogens is 508 g/mol. The number of carboxylic acids is 1. The van der Waals surface area contributed by atoms with Gasteiger partial charge < -0.3 is 45.3 Å². The standard InChI is InChI=1S/C25H29ClN2O9/c1-14(29)28-20-18(30)11-25(24(34)35,36-13-15-6-3-2-4-7-15)37-22(20)21(32)19(31)12-27-23(33)16-8-5-9-17(26)10-16/h2-10,18-22,30-32H,11-13H2,1H3,(H,27,33)(H,28,29)(H,34,35)/p-1/t18-,19+,20+,21+,22+,25-/m0/s1. The van der Waals surface area contributed by atoms with E-state index in [0.29, 0.717) is 10.6 Å². The van der Waals surface area contributed by atoms with E-state index in [4.69, 9.17) is 21.1 Å². The van der Waals surface area contributed by atoms with Crippen LogP contribution in [0.2, 0.25) is 5.02 Å². The highest BCUT2D eigenvalue weighted by Gasteiger charge is 2.52. The zero-order valence-corrected chi connectivity index (χ0v) is 20.6. The molecule has 37 heavy (non-hydrogen) atoms. The number of benzene rings is 2. The van der Waals surface area contributed by atoms with Gasteiger partial charge in [0.1, 0.15) is 18.2 Å². The zero-order chi connectivity index (χ0) is 27.2. The number of carbonyl (C=O) groups excluding carboxylic acids is 3. The fraction of sp³-hybridized carbons (Fsp3) is 0.400. The molecule has 0 aromatic heterocycles. The summed E-state index contributed by atoms with van der Waals surface area (Å²) in [6, 6.07) is 13.3. The normalized spacial score (nSPS) is 25.1. The molecule has 6 atom stereocenters. The topological polar surface area (TPSA) is 177 Å². The molecule has 0 radical (unpaired) electrons. The van der Waals surface area contributed by atoms with E-state index in [1.807, 2.05) is 0 Å². The van der Waals surface area contributed by atoms with E-state index in [-0.39, 0.29) is 12.2 Å². The number of ether oxygens (including phenoxy) is 2. The summed E-state index contributed by atoms with van der Waals surface area (Å²) < 4.78 is 11.2. The number of aliphatic hydroxyl groups excluding tert-OH is 3. The summed E-state index contributed by atoms with van der Waals surface area (Å²) in [6.45, 7) is 0.455. The number of carboxylic acid groups (broad SMARTS) is 1. The molecule has 5 N–H and O–H groups in total. The Balaban J connectivity index is 1.78. The Kier molecular flexibility index (Phi) is 9.60. The fourth-order valence-corrected chi connectivity index (χ4v) is 4.17. The van der Waals surface area contributed by atoms with Crippen molar-refractivity contribution in [1.29, 1.82) is 0 Å². The maximum Gasteiger partial charge on any atom is 0.251 e. The van der Waals surface area contributed by atoms with Crippen LogP contribution in [0, 0.1) is 0 Å². The molecule has 0 spiro atoms. The molecule has 2 aromatic rings. The molecule has 0 bridgehead atoms. The highest BCUT2D eigenvalue weighted by molar-refractivity contribution is 6.30. The van der Waals surface area contributed by atoms with Crippen LogP contribution in [0.1, 0.15) is 29.3 Å². The van der Waals surface area contributed by atoms with Crippen LogP contribution < -0.4 is 15.7 Å². The van der Waals surface area contributed by atoms with Crippen molar-refractivity contribution in [2.75, 3.05) is 6.54 Å². The van der Waals surface area contributed by atoms with Crippen LogP contribution in [0.15, 0.2) is 54.6 Å². The van der Waals surface area contributed by atoms with Crippen molar-refractivity contribution in [2.24, 2.45) is 0 Å². The maximum atomic E-state index is 12.4. The Morgan fingerprint density at radius 1 is 1.19 bits per heavy atom. The lowest BCUT2D eigenvalue weighted by atomic mass is 9.88. The number of aliphatic carboxylic acids is 1. The van der Waals surface area contributed by atoms with Crippen molar-refractivity contribution in [3.8, 4) is 0 Å². The number of carbonyl (C=O) groups is 3. The molecule has 2 aromatic carbocycles. The molecule has 11 nitrogen and oxygen atoms in total. The molecule has 1 fully saturated rings. The Morgan fingerprint density at radius 2 is 1.89 bits per heavy atom. The van der Waals surface area contributed by atoms with Gasteiger partial charge in [-0.25, -0.2) is 0 Å². The summed E-state index contributed by atoms with van der Waals surface area (Å²) in [7, 11) is 0. The SMILES string of the molecule is CC(=O)N[C@H]1[C@H]([C@H](O)[C@H](O)CNC(=O)c2cccc(Cl)c2)O[C@](OCc2ccccc2)(C(=O)[O-])C[C@@H]1O. The number of hydrogen-bond acceptors (Lipinski definition) is 9. The molecule has 1 aliphatic heterocycles. The van der Waals surface area contributed by atoms with Gasteiger partial charge in [-0.15, -0.1) is 0 Å². The van der Waals surface area contributed by atoms with Gasteiger partial charge >= 0.3 is 0 Å². The van der Waals surface area contributed by atoms with Gasteiger partial charge in [0.15, 0.2) is 0 Å². The third kappa shape index (κ3) is 7.25. The lowest BCUT2D eigenvalue weighted by molar-refractivity contribution is -0.383. The molecular formula is C25H28ClN2O9-. The van der Waals surface area contributed by atoms with Gasteiger partial charge in [0.05, 0.1) is 24.9 Å². The molecule has 1 saturated heterocycles. The summed E-state index contributed by atoms with van der Waals surface area (Å²) in [5, 5.41) is 49.6. The summed E-state index contributed by atoms with van der Waals surface area (Å²) in [5.74, 6) is -5.50. The van der Waals surface area contributed by atoms with Crippen LogP contribution in [0.5, 0.6) is 0 Å². The van der Waals surface area contributed by atoms with Crippen LogP contribution in [0.4, 0.5) is 0 Å². The highest BCUT2D eigenvalue weighted by Crippen LogP contribution is 2.33. The van der Waals surface area contributed by atoms with Gasteiger partial charge in [0.25, 0.3) is 5.91 Å². The monoisotopic (exact) mass is 535 g/mol. The van der Waals surface area contributed by atoms with Crippen LogP contribution in [-0.4, -0.2) is 75.9 Å². The zero-order valence-electron chi connectivity index (χ0n) is 19.9. The highest BCUT2D eigenvalue weighted by atomic mass is 35.5. The molecule has 1 heterocycles. The molecule has 12 heteroatoms. The number of hydrogen-bond donors (Lipinski definition) is 5. The Morgan fingerprint density at radius 3 is 2.51 bits per heavy atom. The first kappa shape index (κ1) is 28.5. The van der Waals surface area contributed by atoms with E-state index in [9.17, 15) is 34.8 Å². The number of halogens is 1. The van der Waals surface area contributed by atoms with Crippen LogP contribution >= 0.6 is 11.6 Å². The maximum absolute atomic E-state index is 12.4. The number of rotatable bonds is 10. The summed E-state index contributed by atoms with van der Waals surface area (Å²) in [5.41, 5.74) is 0.811. The van der Waals surface area contributed by atoms with E-state index in [1.54, 1.807) is 42.5 Å². The summed E-state index contributed by atoms with van der Waals surface area (Å²) in [4.78, 5) is 36.3. The van der Waals surface area contributed by atoms with Crippen molar-refractivity contribution in [1.82, 2.24) is 10.6 Å². The van der Waals surface area contributed by atoms with Crippen molar-refractivity contribution < 1.29 is 44.3 Å². The van der Waals surface area contributed by atoms with Crippen LogP contribution in [-0.2, 0) is 25.7 Å². The number of nitrogens with one attached hydrogen (secondary N) is 2. The van der Waals surface area contributed by atoms with E-state index in [2.05, 4.69) is 10.6 Å². The minimum Gasteiger partial charge on any atom is -0.544 e. The van der Waals surface area contributed by atoms with E-state index in [1.165, 1.54) is 12.1 Å². The molecule has 3 rings (SSSR count). The smallest absolute Gasteiger partial charge is 0.251 e. The van der Waals surface area contributed by atoms with Crippen molar-refractivity contribution in [3.05, 3.63) is 70.7 Å². The molecule has 200 valence electrons. The summed E-state index contributed by atoms with van der Waals surface area (Å²) in [6.07, 6.45) is -7.40. The predicted molar refractivity (Wildman–Crippen MR) is 128 cm³/mol. The first-order valence-electron chi connectivity index (χ1n) is 11.4. The molecule has 0 unspecified atom stereocenters. The van der Waals surface area contributed by atoms with E-state index < -0.39 is 67.0 Å². The average Bonchev–Trinajstić information content (AvgIpc) is 2.87. The van der Waals surface area contributed by atoms with Gasteiger partial charge in [-0.3, -0.25) is 9.59 Å². The number of aliphatic hydroxyl groups is 3. The minimum atomic E-state index is -2.50. The average molecular weight is 536 g/mol. The second-order valence-corrected chi connectivity index (χ2v) is 9.11. The molecule has 2 amide bonds. The molecule has 0 saturated carbocycles. The third-order valence-electron chi connectivity index (χ3n) is 5.86. The van der Waals surface area contributed by atoms with Crippen molar-refractivity contribution in [3.63, 3.8) is 0 Å². The van der Waals surface area contributed by atoms with E-state index in [0.717, 1.165) is 6.92 Å². The summed E-state index contributed by atoms with van der Waals surface area (Å²) >= 11 is 5.88. The molecule has 1 aliphatic rings. The Labute approximate surface area is 218 Å². The lowest BCUT2D eigenvalue weighted by Gasteiger charge is -2.48. The molecule has 0 aliphatic carbocycles. The Bertz CT molecular complexity index is 1100. The third-order valence-corrected chi connectivity index (χ3v) is 6.09. The quantitative estimate of drug-likeness (QED) is 0.258. The van der Waals surface area contributed by atoms with Crippen LogP contribution in [0.3, 0.4) is 0 Å². The van der Waals surface area contributed by atoms with Gasteiger partial charge in [-0.1, -0.05) is 48.0 Å². The van der Waals surface area contributed by atoms with Gasteiger partial charge in [0.2, 0.25) is 11.7 Å².